The molecule has 3 N–H and O–H groups in total. The number of benzene rings is 2. The quantitative estimate of drug-likeness (QED) is 0.0335. The van der Waals surface area contributed by atoms with Gasteiger partial charge in [0.1, 0.15) is 35.2 Å². The van der Waals surface area contributed by atoms with Crippen LogP contribution in [-0.2, 0) is 12.6 Å². The molecule has 2 atom stereocenters. The van der Waals surface area contributed by atoms with E-state index in [1.807, 2.05) is 13.0 Å². The van der Waals surface area contributed by atoms with Gasteiger partial charge in [0.25, 0.3) is 5.95 Å². The number of Topliss-reactive ketones (excluding diaryl/α,β-unsaturated/α-hetero) is 1. The van der Waals surface area contributed by atoms with Crippen LogP contribution in [0.3, 0.4) is 0 Å². The number of furan rings is 1. The summed E-state index contributed by atoms with van der Waals surface area (Å²) in [6.07, 6.45) is 2.96. The Morgan fingerprint density at radius 3 is 2.54 bits per heavy atom. The Kier molecular flexibility index (Phi) is 13.0. The molecule has 4 rings (SSSR count). The molecule has 0 saturated heterocycles. The maximum absolute atomic E-state index is 13.2. The predicted molar refractivity (Wildman–Crippen MR) is 179 cm³/mol. The minimum Gasteiger partial charge on any atom is -0.507 e. The summed E-state index contributed by atoms with van der Waals surface area (Å²) in [6.45, 7) is 3.75. The zero-order valence-electron chi connectivity index (χ0n) is 27.1. The minimum absolute atomic E-state index is 0.00339. The first-order valence-corrected chi connectivity index (χ1v) is 16.5. The molecule has 0 aliphatic carbocycles. The molecule has 0 unspecified atom stereocenters. The number of hydrogen-bond donors (Lipinski definition) is 3. The van der Waals surface area contributed by atoms with Crippen LogP contribution in [0.4, 0.5) is 18.0 Å². The van der Waals surface area contributed by atoms with Gasteiger partial charge in [0, 0.05) is 10.5 Å². The average molecular weight is 717 g/mol. The number of hydrogen-bond acceptors (Lipinski definition) is 10. The molecule has 2 heterocycles. The Balaban J connectivity index is 1.42. The number of aliphatic hydroxyl groups is 1. The summed E-state index contributed by atoms with van der Waals surface area (Å²) in [5, 5.41) is 29.7. The molecule has 10 nitrogen and oxygen atoms in total. The number of phenols is 1. The van der Waals surface area contributed by atoms with Crippen molar-refractivity contribution in [3.05, 3.63) is 106 Å². The molecule has 0 fully saturated rings. The lowest BCUT2D eigenvalue weighted by Crippen LogP contribution is -2.12. The number of carbonyl (C=O) groups is 2. The summed E-state index contributed by atoms with van der Waals surface area (Å²) in [5.41, 5.74) is -0.730. The van der Waals surface area contributed by atoms with Gasteiger partial charge in [-0.05, 0) is 69.0 Å². The van der Waals surface area contributed by atoms with E-state index >= 15 is 0 Å². The van der Waals surface area contributed by atoms with Gasteiger partial charge in [0.05, 0.1) is 34.4 Å². The number of fused-ring (bicyclic) bond motifs is 1. The van der Waals surface area contributed by atoms with Crippen molar-refractivity contribution >= 4 is 34.7 Å². The van der Waals surface area contributed by atoms with Crippen LogP contribution in [0, 0.1) is 0 Å². The third-order valence-corrected chi connectivity index (χ3v) is 8.59. The van der Waals surface area contributed by atoms with E-state index in [4.69, 9.17) is 18.7 Å². The van der Waals surface area contributed by atoms with Crippen LogP contribution < -0.4 is 14.9 Å². The van der Waals surface area contributed by atoms with E-state index in [0.717, 1.165) is 36.7 Å². The first-order valence-electron chi connectivity index (χ1n) is 15.6. The van der Waals surface area contributed by atoms with Gasteiger partial charge in [-0.2, -0.15) is 13.2 Å². The number of ether oxygens (including phenoxy) is 2. The molecule has 14 heteroatoms. The number of aliphatic hydroxyl groups excluding tert-OH is 1. The fourth-order valence-electron chi connectivity index (χ4n) is 4.93. The zero-order valence-corrected chi connectivity index (χ0v) is 27.9. The van der Waals surface area contributed by atoms with Gasteiger partial charge in [-0.25, -0.2) is 4.79 Å². The van der Waals surface area contributed by atoms with Crippen molar-refractivity contribution in [3.8, 4) is 17.4 Å². The summed E-state index contributed by atoms with van der Waals surface area (Å²) < 4.78 is 60.4. The van der Waals surface area contributed by atoms with Gasteiger partial charge < -0.3 is 33.6 Å². The molecule has 2 aromatic carbocycles. The Morgan fingerprint density at radius 1 is 1.08 bits per heavy atom. The lowest BCUT2D eigenvalue weighted by atomic mass is 10.0. The smallest absolute Gasteiger partial charge is 0.507 e. The summed E-state index contributed by atoms with van der Waals surface area (Å²) in [4.78, 5) is 35.5. The number of aromatic hydroxyl groups is 1. The SMILES string of the molecule is CCCc1c(OCCCC/C=C\C=C\[C@H](Sc2ccc3c(=O)cc(OC(=O)O)oc3c2)[C@H](O)c2cc(C(F)(F)F)co2)ccc(C(C)=O)c1O. The molecule has 0 radical (unpaired) electrons. The predicted octanol–water partition coefficient (Wildman–Crippen LogP) is 8.88. The van der Waals surface area contributed by atoms with Crippen LogP contribution >= 0.6 is 11.8 Å². The molecule has 0 amide bonds. The molecule has 50 heavy (non-hydrogen) atoms. The van der Waals surface area contributed by atoms with Gasteiger partial charge in [-0.15, -0.1) is 11.8 Å². The van der Waals surface area contributed by atoms with Crippen molar-refractivity contribution in [1.82, 2.24) is 0 Å². The van der Waals surface area contributed by atoms with Crippen LogP contribution in [0.15, 0.2) is 91.6 Å². The third kappa shape index (κ3) is 10.0. The number of allylic oxidation sites excluding steroid dienone is 3. The highest BCUT2D eigenvalue weighted by atomic mass is 32.2. The second-order valence-electron chi connectivity index (χ2n) is 11.1. The number of ketones is 1. The number of carboxylic acid groups (broad SMARTS) is 1. The summed E-state index contributed by atoms with van der Waals surface area (Å²) in [7, 11) is 0. The highest BCUT2D eigenvalue weighted by molar-refractivity contribution is 8.00. The number of thioether (sulfide) groups is 1. The molecule has 0 spiro atoms. The highest BCUT2D eigenvalue weighted by Gasteiger charge is 2.34. The first kappa shape index (κ1) is 37.9. The number of alkyl halides is 3. The monoisotopic (exact) mass is 716 g/mol. The molecule has 266 valence electrons. The largest absolute Gasteiger partial charge is 0.513 e. The van der Waals surface area contributed by atoms with Crippen LogP contribution in [-0.4, -0.2) is 39.1 Å². The molecule has 0 aliphatic heterocycles. The maximum Gasteiger partial charge on any atom is 0.513 e. The Labute approximate surface area is 288 Å². The van der Waals surface area contributed by atoms with Gasteiger partial charge >= 0.3 is 12.3 Å². The standard InChI is InChI=1S/C36H35F3O10S/c1-3-10-26-28(15-14-24(21(2)40)33(26)42)46-16-9-7-5-4-6-8-11-31(34(43)30-17-22(20-47-30)36(37,38)39)50-23-12-13-25-27(41)19-32(49-35(44)45)48-29(25)18-23/h4,6,8,11-15,17-20,31,34,42-43H,3,5,7,9-10,16H2,1-2H3,(H,44,45)/b6-4-,11-8+/t31-,34+/m0/s1. The molecule has 4 aromatic rings. The number of phenolic OH excluding ortho intramolecular Hbond substituents is 1. The number of carbonyl (C=O) groups excluding carboxylic acids is 1. The number of rotatable bonds is 16. The summed E-state index contributed by atoms with van der Waals surface area (Å²) in [6, 6.07) is 9.28. The second-order valence-corrected chi connectivity index (χ2v) is 12.4. The van der Waals surface area contributed by atoms with Gasteiger partial charge in [0.15, 0.2) is 11.2 Å². The molecule has 0 bridgehead atoms. The van der Waals surface area contributed by atoms with Gasteiger partial charge in [-0.3, -0.25) is 9.59 Å². The van der Waals surface area contributed by atoms with Crippen LogP contribution in [0.2, 0.25) is 0 Å². The van der Waals surface area contributed by atoms with Crippen molar-refractivity contribution < 1.29 is 56.4 Å². The molecule has 2 aromatic heterocycles. The Bertz CT molecular complexity index is 1930. The van der Waals surface area contributed by atoms with Crippen molar-refractivity contribution in [3.63, 3.8) is 0 Å². The Morgan fingerprint density at radius 2 is 1.86 bits per heavy atom. The number of halogens is 3. The Hall–Kier alpha value is -4.95. The summed E-state index contributed by atoms with van der Waals surface area (Å²) >= 11 is 1.05. The van der Waals surface area contributed by atoms with E-state index in [1.165, 1.54) is 19.1 Å². The minimum atomic E-state index is -4.67. The maximum atomic E-state index is 13.2. The van der Waals surface area contributed by atoms with Crippen molar-refractivity contribution in [2.24, 2.45) is 0 Å². The van der Waals surface area contributed by atoms with E-state index < -0.39 is 40.6 Å². The number of unbranched alkanes of at least 4 members (excludes halogenated alkanes) is 2. The topological polar surface area (TPSA) is 157 Å². The second kappa shape index (κ2) is 17.1. The normalized spacial score (nSPS) is 13.2. The van der Waals surface area contributed by atoms with E-state index in [0.29, 0.717) is 48.3 Å². The van der Waals surface area contributed by atoms with Gasteiger partial charge in [0.2, 0.25) is 0 Å². The fourth-order valence-corrected chi connectivity index (χ4v) is 6.00. The molecule has 0 saturated carbocycles. The third-order valence-electron chi connectivity index (χ3n) is 7.38. The fraction of sp³-hybridized carbons (Fsp3) is 0.306. The summed E-state index contributed by atoms with van der Waals surface area (Å²) in [5.74, 6) is -0.580. The lowest BCUT2D eigenvalue weighted by molar-refractivity contribution is -0.137. The van der Waals surface area contributed by atoms with Crippen LogP contribution in [0.5, 0.6) is 17.4 Å². The van der Waals surface area contributed by atoms with Crippen LogP contribution in [0.25, 0.3) is 11.0 Å². The molecular formula is C36H35F3O10S. The first-order chi connectivity index (χ1) is 23.8. The zero-order chi connectivity index (χ0) is 36.4. The van der Waals surface area contributed by atoms with Crippen LogP contribution in [0.1, 0.15) is 72.9 Å². The van der Waals surface area contributed by atoms with Crippen molar-refractivity contribution in [2.75, 3.05) is 6.61 Å². The van der Waals surface area contributed by atoms with E-state index in [-0.39, 0.29) is 33.8 Å². The lowest BCUT2D eigenvalue weighted by Gasteiger charge is -2.18. The van der Waals surface area contributed by atoms with E-state index in [9.17, 15) is 37.8 Å². The van der Waals surface area contributed by atoms with E-state index in [1.54, 1.807) is 36.4 Å². The molecule has 0 aliphatic rings. The van der Waals surface area contributed by atoms with Crippen molar-refractivity contribution in [1.29, 1.82) is 0 Å². The molecular weight excluding hydrogens is 681 g/mol. The van der Waals surface area contributed by atoms with Gasteiger partial charge in [-0.1, -0.05) is 37.6 Å². The van der Waals surface area contributed by atoms with E-state index in [2.05, 4.69) is 4.74 Å². The highest BCUT2D eigenvalue weighted by Crippen LogP contribution is 2.38. The average Bonchev–Trinajstić information content (AvgIpc) is 3.55. The van der Waals surface area contributed by atoms with Crippen molar-refractivity contribution in [2.45, 2.75) is 68.4 Å².